The molecular weight excluding hydrogens is 190 g/mol. The van der Waals surface area contributed by atoms with Crippen LogP contribution < -0.4 is 0 Å². The van der Waals surface area contributed by atoms with Crippen LogP contribution in [0, 0.1) is 5.92 Å². The summed E-state index contributed by atoms with van der Waals surface area (Å²) in [4.78, 5) is 0. The van der Waals surface area contributed by atoms with E-state index < -0.39 is 0 Å². The van der Waals surface area contributed by atoms with Crippen molar-refractivity contribution in [2.24, 2.45) is 5.92 Å². The Kier molecular flexibility index (Phi) is 3.43. The Bertz CT molecular complexity index is 114. The molecule has 1 heterocycles. The Labute approximate surface area is 71.4 Å². The minimum atomic E-state index is 0.839. The molecule has 1 saturated heterocycles. The molecule has 1 atom stereocenters. The first-order chi connectivity index (χ1) is 4.83. The van der Waals surface area contributed by atoms with Gasteiger partial charge in [-0.1, -0.05) is 6.08 Å². The predicted molar refractivity (Wildman–Crippen MR) is 48.0 cm³/mol. The predicted octanol–water partition coefficient (Wildman–Crippen LogP) is 2.58. The van der Waals surface area contributed by atoms with Crippen molar-refractivity contribution in [3.63, 3.8) is 0 Å². The smallest absolute Gasteiger partial charge is 0.0124 e. The fourth-order valence-electron chi connectivity index (χ4n) is 1.44. The van der Waals surface area contributed by atoms with E-state index in [-0.39, 0.29) is 0 Å². The third-order valence-electron chi connectivity index (χ3n) is 1.97. The van der Waals surface area contributed by atoms with Crippen LogP contribution in [0.5, 0.6) is 0 Å². The highest BCUT2D eigenvalue weighted by Crippen LogP contribution is 2.21. The maximum atomic E-state index is 3.75. The monoisotopic (exact) mass is 203 g/mol. The van der Waals surface area contributed by atoms with Gasteiger partial charge in [0.15, 0.2) is 0 Å². The number of piperidine rings is 1. The summed E-state index contributed by atoms with van der Waals surface area (Å²) in [6.45, 7) is 6.13. The third kappa shape index (κ3) is 2.43. The molecule has 1 aliphatic heterocycles. The molecule has 0 N–H and O–H groups in total. The van der Waals surface area contributed by atoms with Gasteiger partial charge in [-0.15, -0.1) is 6.58 Å². The molecule has 1 unspecified atom stereocenters. The van der Waals surface area contributed by atoms with E-state index in [0.29, 0.717) is 0 Å². The zero-order chi connectivity index (χ0) is 7.40. The summed E-state index contributed by atoms with van der Waals surface area (Å²) in [6.07, 6.45) is 5.89. The summed E-state index contributed by atoms with van der Waals surface area (Å²) in [5.74, 6) is 0.839. The van der Waals surface area contributed by atoms with Crippen LogP contribution in [0.1, 0.15) is 19.3 Å². The fourth-order valence-corrected chi connectivity index (χ4v) is 2.10. The normalized spacial score (nSPS) is 28.3. The second kappa shape index (κ2) is 4.14. The van der Waals surface area contributed by atoms with Crippen molar-refractivity contribution in [2.45, 2.75) is 19.3 Å². The molecule has 0 aromatic carbocycles. The maximum absolute atomic E-state index is 3.75. The van der Waals surface area contributed by atoms with Crippen LogP contribution >= 0.6 is 16.1 Å². The number of hydrogen-bond donors (Lipinski definition) is 0. The summed E-state index contributed by atoms with van der Waals surface area (Å²) in [6, 6.07) is 0. The van der Waals surface area contributed by atoms with E-state index in [2.05, 4.69) is 26.7 Å². The largest absolute Gasteiger partial charge is 0.242 e. The Balaban J connectivity index is 2.24. The van der Waals surface area contributed by atoms with Crippen molar-refractivity contribution in [2.75, 3.05) is 13.1 Å². The van der Waals surface area contributed by atoms with Gasteiger partial charge in [0.05, 0.1) is 0 Å². The van der Waals surface area contributed by atoms with E-state index in [1.807, 2.05) is 6.08 Å². The second-order valence-corrected chi connectivity index (χ2v) is 3.90. The fraction of sp³-hybridized carbons (Fsp3) is 0.750. The molecule has 0 spiro atoms. The molecule has 58 valence electrons. The first kappa shape index (κ1) is 8.28. The van der Waals surface area contributed by atoms with Gasteiger partial charge in [-0.3, -0.25) is 0 Å². The molecule has 1 fully saturated rings. The van der Waals surface area contributed by atoms with Gasteiger partial charge in [-0.25, -0.2) is 3.93 Å². The van der Waals surface area contributed by atoms with E-state index in [1.54, 1.807) is 0 Å². The number of nitrogens with zero attached hydrogens (tertiary/aromatic N) is 1. The lowest BCUT2D eigenvalue weighted by atomic mass is 9.96. The number of halogens is 1. The van der Waals surface area contributed by atoms with Crippen molar-refractivity contribution < 1.29 is 0 Å². The van der Waals surface area contributed by atoms with E-state index >= 15 is 0 Å². The number of hydrogen-bond acceptors (Lipinski definition) is 1. The molecule has 0 saturated carbocycles. The van der Waals surface area contributed by atoms with Crippen molar-refractivity contribution in [3.05, 3.63) is 12.7 Å². The van der Waals surface area contributed by atoms with Crippen LogP contribution in [0.15, 0.2) is 12.7 Å². The minimum Gasteiger partial charge on any atom is -0.242 e. The summed E-state index contributed by atoms with van der Waals surface area (Å²) in [5, 5.41) is 0. The summed E-state index contributed by atoms with van der Waals surface area (Å²) < 4.78 is 2.23. The second-order valence-electron chi connectivity index (χ2n) is 2.90. The SMILES string of the molecule is C=CCC1CCCN(Br)C1. The molecule has 0 aromatic rings. The lowest BCUT2D eigenvalue weighted by Gasteiger charge is -2.26. The van der Waals surface area contributed by atoms with Crippen molar-refractivity contribution >= 4 is 16.1 Å². The topological polar surface area (TPSA) is 3.24 Å². The van der Waals surface area contributed by atoms with E-state index in [4.69, 9.17) is 0 Å². The molecule has 1 nitrogen and oxygen atoms in total. The van der Waals surface area contributed by atoms with Gasteiger partial charge >= 0.3 is 0 Å². The minimum absolute atomic E-state index is 0.839. The lowest BCUT2D eigenvalue weighted by Crippen LogP contribution is -2.27. The molecule has 0 bridgehead atoms. The van der Waals surface area contributed by atoms with Gasteiger partial charge in [-0.05, 0) is 25.2 Å². The van der Waals surface area contributed by atoms with E-state index in [9.17, 15) is 0 Å². The van der Waals surface area contributed by atoms with Crippen molar-refractivity contribution in [3.8, 4) is 0 Å². The molecule has 0 aromatic heterocycles. The molecule has 2 heteroatoms. The molecule has 1 aliphatic rings. The van der Waals surface area contributed by atoms with Gasteiger partial charge in [0.2, 0.25) is 0 Å². The van der Waals surface area contributed by atoms with Gasteiger partial charge in [-0.2, -0.15) is 0 Å². The van der Waals surface area contributed by atoms with Gasteiger partial charge < -0.3 is 0 Å². The Morgan fingerprint density at radius 1 is 1.70 bits per heavy atom. The molecule has 1 rings (SSSR count). The highest BCUT2D eigenvalue weighted by Gasteiger charge is 2.16. The summed E-state index contributed by atoms with van der Waals surface area (Å²) in [5.41, 5.74) is 0. The van der Waals surface area contributed by atoms with Crippen LogP contribution in [-0.2, 0) is 0 Å². The first-order valence-corrected chi connectivity index (χ1v) is 4.55. The summed E-state index contributed by atoms with van der Waals surface area (Å²) in [7, 11) is 0. The Morgan fingerprint density at radius 2 is 2.50 bits per heavy atom. The molecule has 0 amide bonds. The van der Waals surface area contributed by atoms with Crippen LogP contribution in [0.2, 0.25) is 0 Å². The standard InChI is InChI=1S/C8H14BrN/c1-2-4-8-5-3-6-10(9)7-8/h2,8H,1,3-7H2. The lowest BCUT2D eigenvalue weighted by molar-refractivity contribution is 0.295. The third-order valence-corrected chi connectivity index (χ3v) is 2.61. The molecule has 10 heavy (non-hydrogen) atoms. The van der Waals surface area contributed by atoms with Crippen LogP contribution in [0.4, 0.5) is 0 Å². The quantitative estimate of drug-likeness (QED) is 0.493. The van der Waals surface area contributed by atoms with E-state index in [1.165, 1.54) is 32.4 Å². The van der Waals surface area contributed by atoms with Crippen LogP contribution in [-0.4, -0.2) is 17.0 Å². The number of rotatable bonds is 2. The zero-order valence-electron chi connectivity index (χ0n) is 6.22. The average molecular weight is 204 g/mol. The first-order valence-electron chi connectivity index (χ1n) is 3.84. The van der Waals surface area contributed by atoms with Crippen LogP contribution in [0.25, 0.3) is 0 Å². The molecule has 0 radical (unpaired) electrons. The van der Waals surface area contributed by atoms with Gasteiger partial charge in [0.25, 0.3) is 0 Å². The van der Waals surface area contributed by atoms with Crippen molar-refractivity contribution in [1.82, 2.24) is 3.93 Å². The maximum Gasteiger partial charge on any atom is 0.0124 e. The number of allylic oxidation sites excluding steroid dienone is 1. The van der Waals surface area contributed by atoms with E-state index in [0.717, 1.165) is 5.92 Å². The Morgan fingerprint density at radius 3 is 3.10 bits per heavy atom. The Hall–Kier alpha value is 0.180. The summed E-state index contributed by atoms with van der Waals surface area (Å²) >= 11 is 3.50. The highest BCUT2D eigenvalue weighted by atomic mass is 79.9. The van der Waals surface area contributed by atoms with Gasteiger partial charge in [0.1, 0.15) is 0 Å². The molecular formula is C8H14BrN. The average Bonchev–Trinajstić information content (AvgIpc) is 1.88. The highest BCUT2D eigenvalue weighted by molar-refractivity contribution is 9.07. The van der Waals surface area contributed by atoms with Crippen molar-refractivity contribution in [1.29, 1.82) is 0 Å². The molecule has 0 aliphatic carbocycles. The van der Waals surface area contributed by atoms with Crippen LogP contribution in [0.3, 0.4) is 0 Å². The zero-order valence-corrected chi connectivity index (χ0v) is 7.81. The van der Waals surface area contributed by atoms with Gasteiger partial charge in [0, 0.05) is 29.2 Å².